The fourth-order valence-corrected chi connectivity index (χ4v) is 3.75. The lowest BCUT2D eigenvalue weighted by atomic mass is 10.1. The second kappa shape index (κ2) is 6.34. The molecule has 1 saturated heterocycles. The van der Waals surface area contributed by atoms with Crippen LogP contribution in [0.4, 0.5) is 0 Å². The molecule has 1 amide bonds. The molecule has 1 aliphatic carbocycles. The first-order valence-electron chi connectivity index (χ1n) is 9.77. The third kappa shape index (κ3) is 3.11. The van der Waals surface area contributed by atoms with E-state index in [9.17, 15) is 4.79 Å². The number of carbonyl (C=O) groups is 1. The Kier molecular flexibility index (Phi) is 4.26. The highest BCUT2D eigenvalue weighted by atomic mass is 16.2. The molecule has 3 heterocycles. The first-order chi connectivity index (χ1) is 12.4. The first kappa shape index (κ1) is 17.5. The molecular formula is C20H29N5O. The summed E-state index contributed by atoms with van der Waals surface area (Å²) in [6, 6.07) is 2.04. The van der Waals surface area contributed by atoms with E-state index in [-0.39, 0.29) is 11.4 Å². The van der Waals surface area contributed by atoms with Crippen molar-refractivity contribution >= 4 is 16.9 Å². The molecular weight excluding hydrogens is 326 g/mol. The summed E-state index contributed by atoms with van der Waals surface area (Å²) in [6.07, 6.45) is 3.33. The van der Waals surface area contributed by atoms with E-state index >= 15 is 0 Å². The highest BCUT2D eigenvalue weighted by Crippen LogP contribution is 2.41. The summed E-state index contributed by atoms with van der Waals surface area (Å²) < 4.78 is 1.99. The minimum atomic E-state index is -0.172. The number of aromatic nitrogens is 3. The Hall–Kier alpha value is -1.95. The van der Waals surface area contributed by atoms with E-state index in [1.807, 2.05) is 22.6 Å². The summed E-state index contributed by atoms with van der Waals surface area (Å²) in [5, 5.41) is 9.06. The van der Waals surface area contributed by atoms with Crippen molar-refractivity contribution in [2.24, 2.45) is 0 Å². The molecule has 6 nitrogen and oxygen atoms in total. The Morgan fingerprint density at radius 2 is 2.00 bits per heavy atom. The molecule has 6 heteroatoms. The number of hydrogen-bond donors (Lipinski definition) is 1. The summed E-state index contributed by atoms with van der Waals surface area (Å²) in [6.45, 7) is 11.8. The minimum Gasteiger partial charge on any atom is -0.337 e. The van der Waals surface area contributed by atoms with Crippen molar-refractivity contribution in [1.29, 1.82) is 0 Å². The lowest BCUT2D eigenvalue weighted by molar-refractivity contribution is 0.0768. The molecule has 0 unspecified atom stereocenters. The smallest absolute Gasteiger partial charge is 0.254 e. The topological polar surface area (TPSA) is 63.1 Å². The van der Waals surface area contributed by atoms with Crippen molar-refractivity contribution < 1.29 is 4.79 Å². The summed E-state index contributed by atoms with van der Waals surface area (Å²) in [5.74, 6) is 0.625. The molecule has 1 N–H and O–H groups in total. The van der Waals surface area contributed by atoms with Gasteiger partial charge in [-0.1, -0.05) is 0 Å². The second-order valence-electron chi connectivity index (χ2n) is 8.63. The van der Waals surface area contributed by atoms with Crippen molar-refractivity contribution in [2.75, 3.05) is 26.2 Å². The number of pyridine rings is 1. The first-order valence-corrected chi connectivity index (χ1v) is 9.77. The minimum absolute atomic E-state index is 0.125. The fraction of sp³-hybridized carbons (Fsp3) is 0.650. The van der Waals surface area contributed by atoms with E-state index in [0.29, 0.717) is 5.92 Å². The van der Waals surface area contributed by atoms with Crippen LogP contribution in [0, 0.1) is 6.92 Å². The van der Waals surface area contributed by atoms with E-state index in [2.05, 4.69) is 26.1 Å². The SMILES string of the molecule is Cc1nn(C(C)(C)C)c2nc(C3CC3)cc(C(=O)N3CCCNCC3)c12. The summed E-state index contributed by atoms with van der Waals surface area (Å²) in [7, 11) is 0. The lowest BCUT2D eigenvalue weighted by Crippen LogP contribution is -2.34. The molecule has 2 aliphatic rings. The Morgan fingerprint density at radius 1 is 1.23 bits per heavy atom. The van der Waals surface area contributed by atoms with Gasteiger partial charge in [0.2, 0.25) is 0 Å². The molecule has 0 bridgehead atoms. The predicted molar refractivity (Wildman–Crippen MR) is 103 cm³/mol. The maximum atomic E-state index is 13.4. The van der Waals surface area contributed by atoms with Gasteiger partial charge in [0.1, 0.15) is 0 Å². The third-order valence-corrected chi connectivity index (χ3v) is 5.32. The van der Waals surface area contributed by atoms with Crippen LogP contribution in [0.15, 0.2) is 6.07 Å². The maximum absolute atomic E-state index is 13.4. The van der Waals surface area contributed by atoms with Gasteiger partial charge in [-0.3, -0.25) is 4.79 Å². The van der Waals surface area contributed by atoms with Gasteiger partial charge in [0.15, 0.2) is 5.65 Å². The molecule has 4 rings (SSSR count). The number of hydrogen-bond acceptors (Lipinski definition) is 4. The average Bonchev–Trinajstić information content (AvgIpc) is 3.40. The van der Waals surface area contributed by atoms with Gasteiger partial charge in [0.25, 0.3) is 5.91 Å². The van der Waals surface area contributed by atoms with E-state index in [0.717, 1.165) is 60.6 Å². The molecule has 140 valence electrons. The van der Waals surface area contributed by atoms with Crippen LogP contribution in [-0.2, 0) is 5.54 Å². The van der Waals surface area contributed by atoms with Crippen LogP contribution in [0.3, 0.4) is 0 Å². The number of nitrogens with one attached hydrogen (secondary N) is 1. The quantitative estimate of drug-likeness (QED) is 0.900. The number of amides is 1. The number of rotatable bonds is 2. The Labute approximate surface area is 155 Å². The van der Waals surface area contributed by atoms with Gasteiger partial charge in [-0.2, -0.15) is 5.10 Å². The highest BCUT2D eigenvalue weighted by Gasteiger charge is 2.31. The predicted octanol–water partition coefficient (Wildman–Crippen LogP) is 2.81. The normalized spacial score (nSPS) is 19.0. The molecule has 26 heavy (non-hydrogen) atoms. The van der Waals surface area contributed by atoms with Crippen LogP contribution in [0.25, 0.3) is 11.0 Å². The van der Waals surface area contributed by atoms with Crippen LogP contribution >= 0.6 is 0 Å². The van der Waals surface area contributed by atoms with Crippen LogP contribution in [-0.4, -0.2) is 51.8 Å². The molecule has 2 aromatic rings. The second-order valence-corrected chi connectivity index (χ2v) is 8.63. The van der Waals surface area contributed by atoms with E-state index < -0.39 is 0 Å². The van der Waals surface area contributed by atoms with Crippen molar-refractivity contribution in [3.8, 4) is 0 Å². The standard InChI is InChI=1S/C20H29N5O/c1-13-17-15(19(26)24-10-5-8-21-9-11-24)12-16(14-6-7-14)22-18(17)25(23-13)20(2,3)4/h12,14,21H,5-11H2,1-4H3. The molecule has 2 aromatic heterocycles. The van der Waals surface area contributed by atoms with Gasteiger partial charge >= 0.3 is 0 Å². The van der Waals surface area contributed by atoms with E-state index in [1.54, 1.807) is 0 Å². The summed E-state index contributed by atoms with van der Waals surface area (Å²) in [5.41, 5.74) is 3.41. The molecule has 1 saturated carbocycles. The maximum Gasteiger partial charge on any atom is 0.254 e. The zero-order valence-electron chi connectivity index (χ0n) is 16.3. The van der Waals surface area contributed by atoms with E-state index in [1.165, 1.54) is 12.8 Å². The van der Waals surface area contributed by atoms with E-state index in [4.69, 9.17) is 10.1 Å². The number of fused-ring (bicyclic) bond motifs is 1. The van der Waals surface area contributed by atoms with Crippen LogP contribution in [0.2, 0.25) is 0 Å². The summed E-state index contributed by atoms with van der Waals surface area (Å²) >= 11 is 0. The van der Waals surface area contributed by atoms with Crippen molar-refractivity contribution in [3.05, 3.63) is 23.0 Å². The lowest BCUT2D eigenvalue weighted by Gasteiger charge is -2.22. The molecule has 2 fully saturated rings. The molecule has 0 atom stereocenters. The van der Waals surface area contributed by atoms with Gasteiger partial charge in [-0.25, -0.2) is 9.67 Å². The Bertz CT molecular complexity index is 836. The Balaban J connectivity index is 1.87. The van der Waals surface area contributed by atoms with Crippen LogP contribution in [0.1, 0.15) is 67.7 Å². The van der Waals surface area contributed by atoms with Crippen molar-refractivity contribution in [2.45, 2.75) is 58.4 Å². The largest absolute Gasteiger partial charge is 0.337 e. The van der Waals surface area contributed by atoms with Crippen LogP contribution < -0.4 is 5.32 Å². The fourth-order valence-electron chi connectivity index (χ4n) is 3.75. The monoisotopic (exact) mass is 355 g/mol. The highest BCUT2D eigenvalue weighted by molar-refractivity contribution is 6.06. The van der Waals surface area contributed by atoms with Gasteiger partial charge in [-0.05, 0) is 59.6 Å². The molecule has 0 aromatic carbocycles. The molecule has 0 spiro atoms. The third-order valence-electron chi connectivity index (χ3n) is 5.32. The number of carbonyl (C=O) groups excluding carboxylic acids is 1. The number of aryl methyl sites for hydroxylation is 1. The summed E-state index contributed by atoms with van der Waals surface area (Å²) in [4.78, 5) is 20.3. The average molecular weight is 355 g/mol. The van der Waals surface area contributed by atoms with Gasteiger partial charge < -0.3 is 10.2 Å². The van der Waals surface area contributed by atoms with Crippen molar-refractivity contribution in [1.82, 2.24) is 25.0 Å². The molecule has 1 aliphatic heterocycles. The van der Waals surface area contributed by atoms with Gasteiger partial charge in [-0.15, -0.1) is 0 Å². The van der Waals surface area contributed by atoms with Gasteiger partial charge in [0.05, 0.1) is 22.2 Å². The van der Waals surface area contributed by atoms with Crippen LogP contribution in [0.5, 0.6) is 0 Å². The molecule has 0 radical (unpaired) electrons. The zero-order valence-corrected chi connectivity index (χ0v) is 16.3. The number of nitrogens with zero attached hydrogens (tertiary/aromatic N) is 4. The van der Waals surface area contributed by atoms with Gasteiger partial charge in [0, 0.05) is 31.2 Å². The van der Waals surface area contributed by atoms with Crippen molar-refractivity contribution in [3.63, 3.8) is 0 Å². The zero-order chi connectivity index (χ0) is 18.5. The Morgan fingerprint density at radius 3 is 2.69 bits per heavy atom.